The van der Waals surface area contributed by atoms with Crippen molar-refractivity contribution < 1.29 is 14.6 Å². The number of nitrogens with one attached hydrogen (secondary N) is 1. The standard InChI is InChI=1S/C12H11BN2O3/c16-9-15-18-13(17)12-5-3-10(4-6-12)11-2-1-7-14-8-11/h1-9,17H,(H,15,16). The van der Waals surface area contributed by atoms with Crippen LogP contribution in [0.3, 0.4) is 0 Å². The summed E-state index contributed by atoms with van der Waals surface area (Å²) in [5.74, 6) is 0. The molecule has 5 nitrogen and oxygen atoms in total. The van der Waals surface area contributed by atoms with E-state index in [1.807, 2.05) is 29.7 Å². The predicted molar refractivity (Wildman–Crippen MR) is 67.6 cm³/mol. The van der Waals surface area contributed by atoms with Crippen LogP contribution in [0, 0.1) is 0 Å². The van der Waals surface area contributed by atoms with Gasteiger partial charge in [-0.1, -0.05) is 30.3 Å². The van der Waals surface area contributed by atoms with Gasteiger partial charge in [-0.25, -0.2) is 0 Å². The van der Waals surface area contributed by atoms with Crippen LogP contribution in [0.1, 0.15) is 0 Å². The number of hydrogen-bond donors (Lipinski definition) is 2. The minimum Gasteiger partial charge on any atom is -0.422 e. The summed E-state index contributed by atoms with van der Waals surface area (Å²) in [5, 5.41) is 9.56. The third kappa shape index (κ3) is 2.94. The minimum absolute atomic E-state index is 0.354. The molecule has 2 N–H and O–H groups in total. The van der Waals surface area contributed by atoms with Gasteiger partial charge in [-0.15, -0.1) is 0 Å². The highest BCUT2D eigenvalue weighted by molar-refractivity contribution is 6.59. The quantitative estimate of drug-likeness (QED) is 0.443. The summed E-state index contributed by atoms with van der Waals surface area (Å²) in [6.45, 7) is 0. The van der Waals surface area contributed by atoms with Crippen LogP contribution in [0.4, 0.5) is 0 Å². The van der Waals surface area contributed by atoms with E-state index >= 15 is 0 Å². The van der Waals surface area contributed by atoms with Gasteiger partial charge in [-0.2, -0.15) is 0 Å². The zero-order chi connectivity index (χ0) is 12.8. The molecule has 1 heterocycles. The van der Waals surface area contributed by atoms with E-state index in [9.17, 15) is 9.82 Å². The molecule has 0 aliphatic carbocycles. The lowest BCUT2D eigenvalue weighted by atomic mass is 9.79. The van der Waals surface area contributed by atoms with Crippen molar-refractivity contribution in [2.24, 2.45) is 0 Å². The Kier molecular flexibility index (Phi) is 4.06. The average molecular weight is 242 g/mol. The van der Waals surface area contributed by atoms with Gasteiger partial charge in [-0.3, -0.25) is 20.0 Å². The summed E-state index contributed by atoms with van der Waals surface area (Å²) in [6, 6.07) is 10.9. The normalized spacial score (nSPS) is 9.83. The van der Waals surface area contributed by atoms with Gasteiger partial charge in [0.25, 0.3) is 0 Å². The Labute approximate surface area is 105 Å². The predicted octanol–water partition coefficient (Wildman–Crippen LogP) is 0.114. The van der Waals surface area contributed by atoms with Crippen LogP contribution in [-0.2, 0) is 9.55 Å². The molecule has 18 heavy (non-hydrogen) atoms. The smallest absolute Gasteiger partial charge is 0.422 e. The van der Waals surface area contributed by atoms with Crippen molar-refractivity contribution in [2.45, 2.75) is 0 Å². The van der Waals surface area contributed by atoms with E-state index in [4.69, 9.17) is 0 Å². The van der Waals surface area contributed by atoms with Crippen LogP contribution in [0.5, 0.6) is 0 Å². The lowest BCUT2D eigenvalue weighted by molar-refractivity contribution is -0.115. The summed E-state index contributed by atoms with van der Waals surface area (Å²) in [6.07, 6.45) is 3.82. The van der Waals surface area contributed by atoms with Gasteiger partial charge in [0.05, 0.1) is 0 Å². The highest BCUT2D eigenvalue weighted by Crippen LogP contribution is 2.15. The first-order chi connectivity index (χ1) is 8.81. The molecule has 0 aliphatic heterocycles. The highest BCUT2D eigenvalue weighted by atomic mass is 16.7. The second kappa shape index (κ2) is 5.95. The molecule has 0 saturated carbocycles. The lowest BCUT2D eigenvalue weighted by Crippen LogP contribution is -2.38. The number of nitrogens with zero attached hydrogens (tertiary/aromatic N) is 1. The molecule has 1 aromatic heterocycles. The number of carbonyl (C=O) groups excluding carboxylic acids is 1. The van der Waals surface area contributed by atoms with Crippen LogP contribution in [0.15, 0.2) is 48.8 Å². The number of pyridine rings is 1. The van der Waals surface area contributed by atoms with E-state index in [0.29, 0.717) is 11.9 Å². The molecule has 2 aromatic rings. The zero-order valence-electron chi connectivity index (χ0n) is 9.48. The average Bonchev–Trinajstić information content (AvgIpc) is 2.46. The maximum Gasteiger partial charge on any atom is 0.514 e. The SMILES string of the molecule is O=CNOB(O)c1ccc(-c2cccnc2)cc1. The van der Waals surface area contributed by atoms with E-state index in [0.717, 1.165) is 11.1 Å². The van der Waals surface area contributed by atoms with Gasteiger partial charge in [0.1, 0.15) is 0 Å². The Morgan fingerprint density at radius 2 is 2.00 bits per heavy atom. The lowest BCUT2D eigenvalue weighted by Gasteiger charge is -2.07. The molecule has 0 unspecified atom stereocenters. The third-order valence-corrected chi connectivity index (χ3v) is 2.42. The second-order valence-corrected chi connectivity index (χ2v) is 3.57. The van der Waals surface area contributed by atoms with Gasteiger partial charge in [-0.05, 0) is 22.7 Å². The van der Waals surface area contributed by atoms with Crippen molar-refractivity contribution >= 4 is 19.0 Å². The third-order valence-electron chi connectivity index (χ3n) is 2.42. The minimum atomic E-state index is -1.18. The van der Waals surface area contributed by atoms with Gasteiger partial charge in [0.2, 0.25) is 6.41 Å². The number of hydrogen-bond acceptors (Lipinski definition) is 4. The van der Waals surface area contributed by atoms with Crippen LogP contribution in [0.2, 0.25) is 0 Å². The number of carbonyl (C=O) groups is 1. The summed E-state index contributed by atoms with van der Waals surface area (Å²) < 4.78 is 4.65. The maximum atomic E-state index is 10.0. The van der Waals surface area contributed by atoms with Crippen molar-refractivity contribution in [2.75, 3.05) is 0 Å². The largest absolute Gasteiger partial charge is 0.514 e. The monoisotopic (exact) mass is 242 g/mol. The van der Waals surface area contributed by atoms with Crippen LogP contribution in [0.25, 0.3) is 11.1 Å². The molecule has 0 bridgehead atoms. The molecule has 2 rings (SSSR count). The zero-order valence-corrected chi connectivity index (χ0v) is 9.48. The number of aromatic nitrogens is 1. The Bertz CT molecular complexity index is 504. The number of amides is 1. The van der Waals surface area contributed by atoms with Crippen LogP contribution < -0.4 is 10.9 Å². The van der Waals surface area contributed by atoms with Gasteiger partial charge in [0.15, 0.2) is 0 Å². The fourth-order valence-corrected chi connectivity index (χ4v) is 1.53. The van der Waals surface area contributed by atoms with Gasteiger partial charge >= 0.3 is 7.12 Å². The van der Waals surface area contributed by atoms with Crippen molar-refractivity contribution in [1.29, 1.82) is 0 Å². The van der Waals surface area contributed by atoms with Crippen molar-refractivity contribution in [1.82, 2.24) is 10.5 Å². The molecular formula is C12H11BN2O3. The van der Waals surface area contributed by atoms with E-state index in [-0.39, 0.29) is 0 Å². The van der Waals surface area contributed by atoms with E-state index in [1.54, 1.807) is 24.5 Å². The first kappa shape index (κ1) is 12.3. The second-order valence-electron chi connectivity index (χ2n) is 3.57. The number of benzene rings is 1. The first-order valence-corrected chi connectivity index (χ1v) is 5.34. The summed E-state index contributed by atoms with van der Waals surface area (Å²) in [5.41, 5.74) is 4.48. The Hall–Kier alpha value is -2.18. The molecular weight excluding hydrogens is 231 g/mol. The number of rotatable bonds is 5. The van der Waals surface area contributed by atoms with Gasteiger partial charge in [0, 0.05) is 12.4 Å². The van der Waals surface area contributed by atoms with E-state index in [2.05, 4.69) is 9.74 Å². The van der Waals surface area contributed by atoms with E-state index in [1.165, 1.54) is 0 Å². The fourth-order valence-electron chi connectivity index (χ4n) is 1.53. The molecule has 0 radical (unpaired) electrons. The Morgan fingerprint density at radius 3 is 2.61 bits per heavy atom. The Balaban J connectivity index is 2.13. The summed E-state index contributed by atoms with van der Waals surface area (Å²) >= 11 is 0. The first-order valence-electron chi connectivity index (χ1n) is 5.34. The topological polar surface area (TPSA) is 71.5 Å². The molecule has 0 atom stereocenters. The summed E-state index contributed by atoms with van der Waals surface area (Å²) in [4.78, 5) is 14.1. The van der Waals surface area contributed by atoms with Gasteiger partial charge < -0.3 is 5.02 Å². The molecule has 1 aromatic carbocycles. The molecule has 0 saturated heterocycles. The van der Waals surface area contributed by atoms with Crippen LogP contribution >= 0.6 is 0 Å². The molecule has 0 fully saturated rings. The van der Waals surface area contributed by atoms with Crippen molar-refractivity contribution in [3.05, 3.63) is 48.8 Å². The maximum absolute atomic E-state index is 10.0. The number of hydroxylamine groups is 1. The van der Waals surface area contributed by atoms with E-state index < -0.39 is 7.12 Å². The molecule has 6 heteroatoms. The molecule has 0 spiro atoms. The molecule has 90 valence electrons. The fraction of sp³-hybridized carbons (Fsp3) is 0. The van der Waals surface area contributed by atoms with Crippen LogP contribution in [-0.4, -0.2) is 23.5 Å². The summed E-state index contributed by atoms with van der Waals surface area (Å²) in [7, 11) is -1.18. The molecule has 1 amide bonds. The Morgan fingerprint density at radius 1 is 1.22 bits per heavy atom. The van der Waals surface area contributed by atoms with Crippen molar-refractivity contribution in [3.8, 4) is 11.1 Å². The highest BCUT2D eigenvalue weighted by Gasteiger charge is 2.16. The molecule has 0 aliphatic rings. The van der Waals surface area contributed by atoms with Crippen molar-refractivity contribution in [3.63, 3.8) is 0 Å².